The summed E-state index contributed by atoms with van der Waals surface area (Å²) in [5, 5.41) is 2.69. The van der Waals surface area contributed by atoms with Crippen LogP contribution in [0.1, 0.15) is 39.2 Å². The Kier molecular flexibility index (Phi) is 7.26. The Morgan fingerprint density at radius 3 is 2.41 bits per heavy atom. The Balaban J connectivity index is 2.19. The van der Waals surface area contributed by atoms with Crippen molar-refractivity contribution >= 4 is 6.09 Å². The molecule has 6 nitrogen and oxygen atoms in total. The van der Waals surface area contributed by atoms with Crippen molar-refractivity contribution in [3.63, 3.8) is 0 Å². The molecular formula is C20H29F3N2O4. The van der Waals surface area contributed by atoms with E-state index >= 15 is 0 Å². The number of amides is 1. The molecule has 0 spiro atoms. The van der Waals surface area contributed by atoms with Crippen LogP contribution in [0.4, 0.5) is 18.0 Å². The summed E-state index contributed by atoms with van der Waals surface area (Å²) in [4.78, 5) is 13.4. The van der Waals surface area contributed by atoms with Crippen molar-refractivity contribution in [1.82, 2.24) is 10.2 Å². The Labute approximate surface area is 169 Å². The van der Waals surface area contributed by atoms with Gasteiger partial charge >= 0.3 is 12.3 Å². The molecule has 2 atom stereocenters. The molecule has 1 aromatic carbocycles. The first-order valence-corrected chi connectivity index (χ1v) is 9.44. The van der Waals surface area contributed by atoms with Crippen LogP contribution < -0.4 is 14.8 Å². The number of halogens is 3. The summed E-state index contributed by atoms with van der Waals surface area (Å²) in [6, 6.07) is 2.97. The SMILES string of the molecule is COc1ccc(OC)c(CN2CC(NC(=O)OC(C)(C)C)CCC2C(F)(F)F)c1. The number of carbonyl (C=O) groups is 1. The molecule has 1 heterocycles. The second kappa shape index (κ2) is 9.11. The van der Waals surface area contributed by atoms with Gasteiger partial charge in [0.25, 0.3) is 0 Å². The van der Waals surface area contributed by atoms with Crippen LogP contribution in [0.5, 0.6) is 11.5 Å². The second-order valence-electron chi connectivity index (χ2n) is 8.09. The van der Waals surface area contributed by atoms with Crippen molar-refractivity contribution in [2.45, 2.75) is 64.0 Å². The van der Waals surface area contributed by atoms with Crippen molar-refractivity contribution in [2.75, 3.05) is 20.8 Å². The average Bonchev–Trinajstić information content (AvgIpc) is 2.59. The van der Waals surface area contributed by atoms with E-state index in [1.165, 1.54) is 19.1 Å². The van der Waals surface area contributed by atoms with E-state index in [0.29, 0.717) is 17.1 Å². The molecule has 1 N–H and O–H groups in total. The highest BCUT2D eigenvalue weighted by Crippen LogP contribution is 2.35. The standard InChI is InChI=1S/C20H29F3N2O4/c1-19(2,3)29-18(26)24-14-6-9-17(20(21,22)23)25(12-14)11-13-10-15(27-4)7-8-16(13)28-5/h7-8,10,14,17H,6,9,11-12H2,1-5H3,(H,24,26). The number of likely N-dealkylation sites (tertiary alicyclic amines) is 1. The number of methoxy groups -OCH3 is 2. The second-order valence-corrected chi connectivity index (χ2v) is 8.09. The minimum atomic E-state index is -4.37. The van der Waals surface area contributed by atoms with Crippen molar-refractivity contribution in [1.29, 1.82) is 0 Å². The molecule has 164 valence electrons. The zero-order valence-electron chi connectivity index (χ0n) is 17.4. The van der Waals surface area contributed by atoms with Crippen LogP contribution in [0, 0.1) is 0 Å². The van der Waals surface area contributed by atoms with Gasteiger partial charge in [-0.05, 0) is 51.8 Å². The van der Waals surface area contributed by atoms with Gasteiger partial charge in [-0.1, -0.05) is 0 Å². The van der Waals surface area contributed by atoms with Crippen molar-refractivity contribution in [2.24, 2.45) is 0 Å². The zero-order chi connectivity index (χ0) is 21.8. The summed E-state index contributed by atoms with van der Waals surface area (Å²) < 4.78 is 56.6. The van der Waals surface area contributed by atoms with Gasteiger partial charge in [0, 0.05) is 24.7 Å². The smallest absolute Gasteiger partial charge is 0.407 e. The molecule has 0 aromatic heterocycles. The molecule has 0 saturated carbocycles. The van der Waals surface area contributed by atoms with Gasteiger partial charge in [0.1, 0.15) is 23.1 Å². The number of piperidine rings is 1. The molecule has 1 amide bonds. The summed E-state index contributed by atoms with van der Waals surface area (Å²) in [6.07, 6.45) is -4.90. The predicted molar refractivity (Wildman–Crippen MR) is 102 cm³/mol. The lowest BCUT2D eigenvalue weighted by Crippen LogP contribution is -2.56. The van der Waals surface area contributed by atoms with E-state index in [9.17, 15) is 18.0 Å². The lowest BCUT2D eigenvalue weighted by Gasteiger charge is -2.40. The number of hydrogen-bond donors (Lipinski definition) is 1. The first-order chi connectivity index (χ1) is 13.4. The fraction of sp³-hybridized carbons (Fsp3) is 0.650. The minimum Gasteiger partial charge on any atom is -0.497 e. The van der Waals surface area contributed by atoms with E-state index in [2.05, 4.69) is 5.32 Å². The first-order valence-electron chi connectivity index (χ1n) is 9.44. The summed E-state index contributed by atoms with van der Waals surface area (Å²) in [5.41, 5.74) is -0.0972. The maximum absolute atomic E-state index is 13.6. The summed E-state index contributed by atoms with van der Waals surface area (Å²) in [5.74, 6) is 1.01. The molecule has 1 fully saturated rings. The number of nitrogens with zero attached hydrogens (tertiary/aromatic N) is 1. The molecule has 9 heteroatoms. The average molecular weight is 418 g/mol. The fourth-order valence-electron chi connectivity index (χ4n) is 3.40. The molecule has 1 aromatic rings. The number of rotatable bonds is 5. The van der Waals surface area contributed by atoms with Crippen LogP contribution in [-0.4, -0.2) is 55.6 Å². The molecule has 0 radical (unpaired) electrons. The Morgan fingerprint density at radius 2 is 1.86 bits per heavy atom. The van der Waals surface area contributed by atoms with E-state index in [1.807, 2.05) is 0 Å². The highest BCUT2D eigenvalue weighted by Gasteiger charge is 2.46. The van der Waals surface area contributed by atoms with Gasteiger partial charge in [-0.25, -0.2) is 4.79 Å². The molecule has 0 aliphatic carbocycles. The minimum absolute atomic E-state index is 0.0110. The third-order valence-corrected chi connectivity index (χ3v) is 4.64. The first kappa shape index (κ1) is 23.1. The van der Waals surface area contributed by atoms with Gasteiger partial charge in [-0.3, -0.25) is 4.90 Å². The summed E-state index contributed by atoms with van der Waals surface area (Å²) in [7, 11) is 2.96. The quantitative estimate of drug-likeness (QED) is 0.779. The fourth-order valence-corrected chi connectivity index (χ4v) is 3.40. The van der Waals surface area contributed by atoms with Gasteiger partial charge in [-0.15, -0.1) is 0 Å². The van der Waals surface area contributed by atoms with Gasteiger partial charge in [0.05, 0.1) is 14.2 Å². The summed E-state index contributed by atoms with van der Waals surface area (Å²) >= 11 is 0. The van der Waals surface area contributed by atoms with E-state index in [1.54, 1.807) is 39.0 Å². The molecule has 1 saturated heterocycles. The highest BCUT2D eigenvalue weighted by atomic mass is 19.4. The predicted octanol–water partition coefficient (Wildman–Crippen LogP) is 4.12. The number of benzene rings is 1. The number of hydrogen-bond acceptors (Lipinski definition) is 5. The highest BCUT2D eigenvalue weighted by molar-refractivity contribution is 5.68. The maximum Gasteiger partial charge on any atom is 0.407 e. The van der Waals surface area contributed by atoms with Gasteiger partial charge < -0.3 is 19.5 Å². The maximum atomic E-state index is 13.6. The van der Waals surface area contributed by atoms with Gasteiger partial charge in [0.2, 0.25) is 0 Å². The molecule has 29 heavy (non-hydrogen) atoms. The van der Waals surface area contributed by atoms with E-state index in [0.717, 1.165) is 0 Å². The Bertz CT molecular complexity index is 704. The monoisotopic (exact) mass is 418 g/mol. The van der Waals surface area contributed by atoms with Gasteiger partial charge in [-0.2, -0.15) is 13.2 Å². The van der Waals surface area contributed by atoms with Crippen molar-refractivity contribution < 1.29 is 32.2 Å². The third kappa shape index (κ3) is 6.69. The zero-order valence-corrected chi connectivity index (χ0v) is 17.4. The van der Waals surface area contributed by atoms with Crippen molar-refractivity contribution in [3.05, 3.63) is 23.8 Å². The largest absolute Gasteiger partial charge is 0.497 e. The molecule has 1 aliphatic rings. The topological polar surface area (TPSA) is 60.0 Å². The number of carbonyl (C=O) groups excluding carboxylic acids is 1. The number of alkyl carbamates (subject to hydrolysis) is 1. The Hall–Kier alpha value is -2.16. The summed E-state index contributed by atoms with van der Waals surface area (Å²) in [6.45, 7) is 5.25. The lowest BCUT2D eigenvalue weighted by molar-refractivity contribution is -0.194. The lowest BCUT2D eigenvalue weighted by atomic mass is 9.96. The van der Waals surface area contributed by atoms with Crippen LogP contribution >= 0.6 is 0 Å². The number of alkyl halides is 3. The van der Waals surface area contributed by atoms with Gasteiger partial charge in [0.15, 0.2) is 0 Å². The molecule has 0 bridgehead atoms. The van der Waals surface area contributed by atoms with Crippen LogP contribution in [-0.2, 0) is 11.3 Å². The molecule has 2 rings (SSSR count). The normalized spacial score (nSPS) is 20.8. The molecule has 1 aliphatic heterocycles. The van der Waals surface area contributed by atoms with Crippen LogP contribution in [0.3, 0.4) is 0 Å². The third-order valence-electron chi connectivity index (χ3n) is 4.64. The van der Waals surface area contributed by atoms with Crippen LogP contribution in [0.15, 0.2) is 18.2 Å². The van der Waals surface area contributed by atoms with E-state index in [-0.39, 0.29) is 25.9 Å². The van der Waals surface area contributed by atoms with Crippen LogP contribution in [0.25, 0.3) is 0 Å². The van der Waals surface area contributed by atoms with E-state index in [4.69, 9.17) is 14.2 Å². The number of ether oxygens (including phenoxy) is 3. The molecular weight excluding hydrogens is 389 g/mol. The van der Waals surface area contributed by atoms with Crippen LogP contribution in [0.2, 0.25) is 0 Å². The van der Waals surface area contributed by atoms with E-state index < -0.39 is 30.0 Å². The Morgan fingerprint density at radius 1 is 1.17 bits per heavy atom. The number of nitrogens with one attached hydrogen (secondary N) is 1. The molecule has 2 unspecified atom stereocenters. The van der Waals surface area contributed by atoms with Crippen molar-refractivity contribution in [3.8, 4) is 11.5 Å².